The number of anilines is 1. The highest BCUT2D eigenvalue weighted by molar-refractivity contribution is 7.80. The summed E-state index contributed by atoms with van der Waals surface area (Å²) in [7, 11) is 1.74. The molecule has 0 aliphatic rings. The van der Waals surface area contributed by atoms with Gasteiger partial charge in [0.1, 0.15) is 0 Å². The van der Waals surface area contributed by atoms with Crippen molar-refractivity contribution >= 4 is 52.4 Å². The van der Waals surface area contributed by atoms with Crippen LogP contribution in [0.3, 0.4) is 0 Å². The maximum Gasteiger partial charge on any atom is 0.186 e. The van der Waals surface area contributed by atoms with Crippen molar-refractivity contribution in [3.05, 3.63) is 29.8 Å². The summed E-state index contributed by atoms with van der Waals surface area (Å²) in [6.45, 7) is 1.55. The summed E-state index contributed by atoms with van der Waals surface area (Å²) in [5.74, 6) is 1.15. The number of benzene rings is 1. The first-order valence-electron chi connectivity index (χ1n) is 6.19. The Morgan fingerprint density at radius 2 is 1.85 bits per heavy atom. The fourth-order valence-corrected chi connectivity index (χ4v) is 2.03. The van der Waals surface area contributed by atoms with Crippen LogP contribution in [0, 0.1) is 0 Å². The van der Waals surface area contributed by atoms with Crippen molar-refractivity contribution in [2.24, 2.45) is 5.10 Å². The molecule has 110 valence electrons. The minimum absolute atomic E-state index is 0.480. The number of alkyl halides is 2. The molecule has 0 aromatic heterocycles. The van der Waals surface area contributed by atoms with Gasteiger partial charge in [-0.15, -0.1) is 23.2 Å². The van der Waals surface area contributed by atoms with Crippen LogP contribution in [0.2, 0.25) is 0 Å². The molecule has 4 nitrogen and oxygen atoms in total. The Morgan fingerprint density at radius 1 is 1.25 bits per heavy atom. The lowest BCUT2D eigenvalue weighted by Gasteiger charge is -2.22. The number of nitrogens with one attached hydrogen (secondary N) is 2. The van der Waals surface area contributed by atoms with Crippen molar-refractivity contribution in [1.82, 2.24) is 10.7 Å². The second-order valence-corrected chi connectivity index (χ2v) is 5.07. The van der Waals surface area contributed by atoms with E-state index in [1.54, 1.807) is 13.3 Å². The highest BCUT2D eigenvalue weighted by Crippen LogP contribution is 2.14. The van der Waals surface area contributed by atoms with Crippen LogP contribution in [0.5, 0.6) is 0 Å². The number of nitrogens with zero attached hydrogens (tertiary/aromatic N) is 2. The van der Waals surface area contributed by atoms with E-state index >= 15 is 0 Å². The zero-order chi connectivity index (χ0) is 14.8. The molecule has 1 rings (SSSR count). The van der Waals surface area contributed by atoms with E-state index in [-0.39, 0.29) is 0 Å². The van der Waals surface area contributed by atoms with Crippen LogP contribution in [0.4, 0.5) is 5.69 Å². The van der Waals surface area contributed by atoms with E-state index in [0.717, 1.165) is 24.3 Å². The summed E-state index contributed by atoms with van der Waals surface area (Å²) in [6, 6.07) is 8.02. The molecule has 0 heterocycles. The zero-order valence-electron chi connectivity index (χ0n) is 11.3. The molecule has 0 bridgehead atoms. The molecule has 0 spiro atoms. The van der Waals surface area contributed by atoms with Crippen molar-refractivity contribution in [1.29, 1.82) is 0 Å². The van der Waals surface area contributed by atoms with Gasteiger partial charge in [0.05, 0.1) is 6.21 Å². The van der Waals surface area contributed by atoms with Gasteiger partial charge in [-0.3, -0.25) is 5.43 Å². The normalized spacial score (nSPS) is 10.6. The first-order chi connectivity index (χ1) is 9.71. The molecule has 0 saturated heterocycles. The molecule has 0 radical (unpaired) electrons. The molecule has 0 fully saturated rings. The average molecular weight is 333 g/mol. The number of hydrazone groups is 1. The SMILES string of the molecule is CNC(=S)N/N=C/c1ccc(N(CCCl)CCCl)cc1. The molecule has 1 aromatic rings. The molecular weight excluding hydrogens is 315 g/mol. The van der Waals surface area contributed by atoms with Gasteiger partial charge in [-0.2, -0.15) is 5.10 Å². The first kappa shape index (κ1) is 17.0. The van der Waals surface area contributed by atoms with Gasteiger partial charge in [-0.25, -0.2) is 0 Å². The largest absolute Gasteiger partial charge is 0.369 e. The predicted octanol–water partition coefficient (Wildman–Crippen LogP) is 2.40. The molecule has 1 aromatic carbocycles. The van der Waals surface area contributed by atoms with Gasteiger partial charge in [-0.1, -0.05) is 12.1 Å². The van der Waals surface area contributed by atoms with E-state index in [0.29, 0.717) is 16.9 Å². The van der Waals surface area contributed by atoms with Gasteiger partial charge in [0.2, 0.25) is 0 Å². The monoisotopic (exact) mass is 332 g/mol. The topological polar surface area (TPSA) is 39.7 Å². The van der Waals surface area contributed by atoms with E-state index in [4.69, 9.17) is 35.4 Å². The van der Waals surface area contributed by atoms with Crippen LogP contribution in [0.15, 0.2) is 29.4 Å². The van der Waals surface area contributed by atoms with Crippen LogP contribution in [-0.2, 0) is 0 Å². The maximum atomic E-state index is 5.79. The number of rotatable bonds is 7. The summed E-state index contributed by atoms with van der Waals surface area (Å²) in [6.07, 6.45) is 1.71. The maximum absolute atomic E-state index is 5.79. The van der Waals surface area contributed by atoms with Gasteiger partial charge >= 0.3 is 0 Å². The fourth-order valence-electron chi connectivity index (χ4n) is 1.57. The van der Waals surface area contributed by atoms with Crippen LogP contribution < -0.4 is 15.6 Å². The van der Waals surface area contributed by atoms with Crippen molar-refractivity contribution < 1.29 is 0 Å². The quantitative estimate of drug-likeness (QED) is 0.348. The van der Waals surface area contributed by atoms with E-state index in [1.165, 1.54) is 0 Å². The number of hydrogen-bond acceptors (Lipinski definition) is 3. The van der Waals surface area contributed by atoms with Gasteiger partial charge in [0.25, 0.3) is 0 Å². The Kier molecular flexibility index (Phi) is 8.34. The molecule has 0 aliphatic heterocycles. The third kappa shape index (κ3) is 5.94. The van der Waals surface area contributed by atoms with Crippen LogP contribution >= 0.6 is 35.4 Å². The summed E-state index contributed by atoms with van der Waals surface area (Å²) in [4.78, 5) is 2.15. The Morgan fingerprint density at radius 3 is 2.35 bits per heavy atom. The highest BCUT2D eigenvalue weighted by atomic mass is 35.5. The van der Waals surface area contributed by atoms with E-state index < -0.39 is 0 Å². The molecule has 20 heavy (non-hydrogen) atoms. The van der Waals surface area contributed by atoms with Gasteiger partial charge < -0.3 is 10.2 Å². The summed E-state index contributed by atoms with van der Waals surface area (Å²) >= 11 is 16.5. The molecule has 2 N–H and O–H groups in total. The van der Waals surface area contributed by atoms with Crippen LogP contribution in [-0.4, -0.2) is 43.2 Å². The number of hydrogen-bond donors (Lipinski definition) is 2. The third-order valence-electron chi connectivity index (χ3n) is 2.57. The van der Waals surface area contributed by atoms with Crippen LogP contribution in [0.25, 0.3) is 0 Å². The second-order valence-electron chi connectivity index (χ2n) is 3.91. The van der Waals surface area contributed by atoms with Gasteiger partial charge in [0, 0.05) is 37.6 Å². The lowest BCUT2D eigenvalue weighted by molar-refractivity contribution is 0.874. The second kappa shape index (κ2) is 9.80. The Bertz CT molecular complexity index is 431. The van der Waals surface area contributed by atoms with E-state index in [1.807, 2.05) is 24.3 Å². The average Bonchev–Trinajstić information content (AvgIpc) is 2.47. The summed E-state index contributed by atoms with van der Waals surface area (Å²) in [5.41, 5.74) is 4.79. The molecule has 0 unspecified atom stereocenters. The predicted molar refractivity (Wildman–Crippen MR) is 92.5 cm³/mol. The lowest BCUT2D eigenvalue weighted by atomic mass is 10.2. The molecule has 7 heteroatoms. The Hall–Kier alpha value is -1.04. The molecule has 0 saturated carbocycles. The number of halogens is 2. The summed E-state index contributed by atoms with van der Waals surface area (Å²) in [5, 5.41) is 7.28. The fraction of sp³-hybridized carbons (Fsp3) is 0.385. The van der Waals surface area contributed by atoms with Crippen molar-refractivity contribution in [2.75, 3.05) is 36.8 Å². The first-order valence-corrected chi connectivity index (χ1v) is 7.66. The van der Waals surface area contributed by atoms with Gasteiger partial charge in [-0.05, 0) is 29.9 Å². The zero-order valence-corrected chi connectivity index (χ0v) is 13.6. The van der Waals surface area contributed by atoms with Crippen molar-refractivity contribution in [3.63, 3.8) is 0 Å². The molecule has 0 atom stereocenters. The standard InChI is InChI=1S/C13H18Cl2N4S/c1-16-13(20)18-17-10-11-2-4-12(5-3-11)19(8-6-14)9-7-15/h2-5,10H,6-9H2,1H3,(H2,16,18,20)/b17-10+. The lowest BCUT2D eigenvalue weighted by Crippen LogP contribution is -2.28. The molecule has 0 amide bonds. The highest BCUT2D eigenvalue weighted by Gasteiger charge is 2.04. The molecular formula is C13H18Cl2N4S. The van der Waals surface area contributed by atoms with Crippen LogP contribution in [0.1, 0.15) is 5.56 Å². The Balaban J connectivity index is 2.64. The third-order valence-corrected chi connectivity index (χ3v) is 3.21. The minimum atomic E-state index is 0.480. The minimum Gasteiger partial charge on any atom is -0.369 e. The smallest absolute Gasteiger partial charge is 0.186 e. The van der Waals surface area contributed by atoms with Crippen molar-refractivity contribution in [2.45, 2.75) is 0 Å². The summed E-state index contributed by atoms with van der Waals surface area (Å²) < 4.78 is 0. The van der Waals surface area contributed by atoms with Crippen molar-refractivity contribution in [3.8, 4) is 0 Å². The molecule has 0 aliphatic carbocycles. The van der Waals surface area contributed by atoms with Gasteiger partial charge in [0.15, 0.2) is 5.11 Å². The van der Waals surface area contributed by atoms with E-state index in [2.05, 4.69) is 20.7 Å². The van der Waals surface area contributed by atoms with E-state index in [9.17, 15) is 0 Å². The Labute approximate surface area is 135 Å². The number of thiocarbonyl (C=S) groups is 1.